The predicted molar refractivity (Wildman–Crippen MR) is 87.3 cm³/mol. The molecule has 2 nitrogen and oxygen atoms in total. The third kappa shape index (κ3) is 3.46. The minimum Gasteiger partial charge on any atom is -0.241 e. The van der Waals surface area contributed by atoms with E-state index in [1.54, 1.807) is 0 Å². The Morgan fingerprint density at radius 2 is 1.71 bits per heavy atom. The number of aromatic nitrogens is 2. The van der Waals surface area contributed by atoms with Gasteiger partial charge in [-0.3, -0.25) is 0 Å². The van der Waals surface area contributed by atoms with Crippen molar-refractivity contribution in [3.63, 3.8) is 0 Å². The quantitative estimate of drug-likeness (QED) is 0.616. The van der Waals surface area contributed by atoms with Gasteiger partial charge in [0.2, 0.25) is 0 Å². The third-order valence-electron chi connectivity index (χ3n) is 3.31. The molecular formula is C17H14Cl2N2. The second-order valence-electron chi connectivity index (χ2n) is 4.85. The lowest BCUT2D eigenvalue weighted by Gasteiger charge is -2.07. The van der Waals surface area contributed by atoms with Gasteiger partial charge in [-0.05, 0) is 36.2 Å². The van der Waals surface area contributed by atoms with E-state index in [2.05, 4.69) is 5.10 Å². The molecule has 0 spiro atoms. The van der Waals surface area contributed by atoms with Crippen LogP contribution < -0.4 is 0 Å². The number of halogens is 2. The summed E-state index contributed by atoms with van der Waals surface area (Å²) in [5.74, 6) is 0. The standard InChI is InChI=1S/C17H14Cl2N2/c18-15-8-6-13(7-9-15)10-17(19)14-11-20-21(12-14)16-4-2-1-3-5-16/h1-9,11-12,17H,10H2. The Morgan fingerprint density at radius 3 is 2.43 bits per heavy atom. The van der Waals surface area contributed by atoms with E-state index in [1.807, 2.05) is 71.7 Å². The number of para-hydroxylation sites is 1. The summed E-state index contributed by atoms with van der Waals surface area (Å²) in [6.45, 7) is 0. The first kappa shape index (κ1) is 14.2. The van der Waals surface area contributed by atoms with Crippen LogP contribution in [0.15, 0.2) is 67.0 Å². The molecule has 3 aromatic rings. The zero-order valence-corrected chi connectivity index (χ0v) is 12.8. The molecule has 1 unspecified atom stereocenters. The molecule has 1 atom stereocenters. The molecule has 0 aliphatic heterocycles. The number of rotatable bonds is 4. The smallest absolute Gasteiger partial charge is 0.0656 e. The minimum atomic E-state index is -0.108. The molecule has 0 fully saturated rings. The Balaban J connectivity index is 1.75. The van der Waals surface area contributed by atoms with Gasteiger partial charge < -0.3 is 0 Å². The van der Waals surface area contributed by atoms with Gasteiger partial charge in [0.25, 0.3) is 0 Å². The number of hydrogen-bond donors (Lipinski definition) is 0. The summed E-state index contributed by atoms with van der Waals surface area (Å²) in [4.78, 5) is 0. The first-order valence-electron chi connectivity index (χ1n) is 6.71. The predicted octanol–water partition coefficient (Wildman–Crippen LogP) is 5.05. The molecule has 1 aromatic heterocycles. The van der Waals surface area contributed by atoms with E-state index in [4.69, 9.17) is 23.2 Å². The maximum atomic E-state index is 6.50. The van der Waals surface area contributed by atoms with Crippen molar-refractivity contribution in [2.24, 2.45) is 0 Å². The topological polar surface area (TPSA) is 17.8 Å². The minimum absolute atomic E-state index is 0.108. The van der Waals surface area contributed by atoms with Crippen LogP contribution in [0.2, 0.25) is 5.02 Å². The van der Waals surface area contributed by atoms with Gasteiger partial charge in [0, 0.05) is 16.8 Å². The van der Waals surface area contributed by atoms with Crippen LogP contribution in [0.1, 0.15) is 16.5 Å². The van der Waals surface area contributed by atoms with E-state index in [9.17, 15) is 0 Å². The number of alkyl halides is 1. The highest BCUT2D eigenvalue weighted by Gasteiger charge is 2.12. The number of benzene rings is 2. The summed E-state index contributed by atoms with van der Waals surface area (Å²) >= 11 is 12.4. The van der Waals surface area contributed by atoms with E-state index >= 15 is 0 Å². The maximum Gasteiger partial charge on any atom is 0.0656 e. The zero-order valence-electron chi connectivity index (χ0n) is 11.3. The molecule has 3 rings (SSSR count). The fourth-order valence-electron chi connectivity index (χ4n) is 2.17. The van der Waals surface area contributed by atoms with Crippen LogP contribution >= 0.6 is 23.2 Å². The molecule has 106 valence electrons. The molecule has 2 aromatic carbocycles. The monoisotopic (exact) mass is 316 g/mol. The normalized spacial score (nSPS) is 12.3. The van der Waals surface area contributed by atoms with Gasteiger partial charge in [0.15, 0.2) is 0 Å². The Labute approximate surface area is 133 Å². The summed E-state index contributed by atoms with van der Waals surface area (Å²) in [6.07, 6.45) is 4.54. The van der Waals surface area contributed by atoms with E-state index in [1.165, 1.54) is 0 Å². The van der Waals surface area contributed by atoms with Crippen LogP contribution in [-0.2, 0) is 6.42 Å². The largest absolute Gasteiger partial charge is 0.241 e. The van der Waals surface area contributed by atoms with Gasteiger partial charge >= 0.3 is 0 Å². The van der Waals surface area contributed by atoms with Crippen molar-refractivity contribution in [2.45, 2.75) is 11.8 Å². The summed E-state index contributed by atoms with van der Waals surface area (Å²) in [6, 6.07) is 17.8. The molecule has 1 heterocycles. The van der Waals surface area contributed by atoms with Gasteiger partial charge in [-0.25, -0.2) is 4.68 Å². The zero-order chi connectivity index (χ0) is 14.7. The molecule has 0 amide bonds. The first-order valence-corrected chi connectivity index (χ1v) is 7.52. The van der Waals surface area contributed by atoms with Crippen LogP contribution in [-0.4, -0.2) is 9.78 Å². The number of hydrogen-bond acceptors (Lipinski definition) is 1. The second-order valence-corrected chi connectivity index (χ2v) is 5.82. The summed E-state index contributed by atoms with van der Waals surface area (Å²) in [5, 5.41) is 5.00. The third-order valence-corrected chi connectivity index (χ3v) is 3.97. The number of nitrogens with zero attached hydrogens (tertiary/aromatic N) is 2. The molecule has 0 aliphatic rings. The van der Waals surface area contributed by atoms with Crippen molar-refractivity contribution in [3.8, 4) is 5.69 Å². The summed E-state index contributed by atoms with van der Waals surface area (Å²) in [5.41, 5.74) is 3.20. The highest BCUT2D eigenvalue weighted by atomic mass is 35.5. The van der Waals surface area contributed by atoms with Crippen molar-refractivity contribution in [1.29, 1.82) is 0 Å². The van der Waals surface area contributed by atoms with E-state index in [0.717, 1.165) is 28.3 Å². The molecule has 0 N–H and O–H groups in total. The molecule has 21 heavy (non-hydrogen) atoms. The fraction of sp³-hybridized carbons (Fsp3) is 0.118. The van der Waals surface area contributed by atoms with Crippen molar-refractivity contribution in [3.05, 3.63) is 83.1 Å². The molecule has 0 saturated heterocycles. The van der Waals surface area contributed by atoms with E-state index in [-0.39, 0.29) is 5.38 Å². The summed E-state index contributed by atoms with van der Waals surface area (Å²) in [7, 11) is 0. The van der Waals surface area contributed by atoms with Crippen molar-refractivity contribution >= 4 is 23.2 Å². The molecular weight excluding hydrogens is 303 g/mol. The molecule has 4 heteroatoms. The summed E-state index contributed by atoms with van der Waals surface area (Å²) < 4.78 is 1.84. The van der Waals surface area contributed by atoms with Gasteiger partial charge in [0.05, 0.1) is 17.3 Å². The lowest BCUT2D eigenvalue weighted by molar-refractivity contribution is 0.877. The van der Waals surface area contributed by atoms with Crippen LogP contribution in [0.3, 0.4) is 0 Å². The highest BCUT2D eigenvalue weighted by molar-refractivity contribution is 6.30. The van der Waals surface area contributed by atoms with Crippen LogP contribution in [0.25, 0.3) is 5.69 Å². The van der Waals surface area contributed by atoms with Gasteiger partial charge in [0.1, 0.15) is 0 Å². The Kier molecular flexibility index (Phi) is 4.28. The van der Waals surface area contributed by atoms with E-state index < -0.39 is 0 Å². The SMILES string of the molecule is Clc1ccc(CC(Cl)c2cnn(-c3ccccc3)c2)cc1. The van der Waals surface area contributed by atoms with Crippen molar-refractivity contribution < 1.29 is 0 Å². The average Bonchev–Trinajstić information content (AvgIpc) is 3.00. The Hall–Kier alpha value is -1.77. The van der Waals surface area contributed by atoms with Crippen molar-refractivity contribution in [1.82, 2.24) is 9.78 Å². The van der Waals surface area contributed by atoms with Gasteiger partial charge in [-0.2, -0.15) is 5.10 Å². The second kappa shape index (κ2) is 6.33. The first-order chi connectivity index (χ1) is 10.2. The van der Waals surface area contributed by atoms with Crippen LogP contribution in [0, 0.1) is 0 Å². The van der Waals surface area contributed by atoms with Gasteiger partial charge in [-0.15, -0.1) is 11.6 Å². The van der Waals surface area contributed by atoms with Crippen molar-refractivity contribution in [2.75, 3.05) is 0 Å². The molecule has 0 aliphatic carbocycles. The Bertz CT molecular complexity index is 705. The maximum absolute atomic E-state index is 6.50. The highest BCUT2D eigenvalue weighted by Crippen LogP contribution is 2.26. The van der Waals surface area contributed by atoms with E-state index in [0.29, 0.717) is 0 Å². The van der Waals surface area contributed by atoms with Crippen LogP contribution in [0.4, 0.5) is 0 Å². The van der Waals surface area contributed by atoms with Gasteiger partial charge in [-0.1, -0.05) is 41.9 Å². The molecule has 0 bridgehead atoms. The average molecular weight is 317 g/mol. The lowest BCUT2D eigenvalue weighted by Crippen LogP contribution is -1.95. The molecule has 0 radical (unpaired) electrons. The lowest BCUT2D eigenvalue weighted by atomic mass is 10.1. The van der Waals surface area contributed by atoms with Crippen LogP contribution in [0.5, 0.6) is 0 Å². The fourth-order valence-corrected chi connectivity index (χ4v) is 2.58. The molecule has 0 saturated carbocycles. The Morgan fingerprint density at radius 1 is 1.00 bits per heavy atom.